The van der Waals surface area contributed by atoms with Crippen LogP contribution in [-0.4, -0.2) is 55.5 Å². The number of ether oxygens (including phenoxy) is 1. The van der Waals surface area contributed by atoms with Crippen molar-refractivity contribution >= 4 is 11.8 Å². The highest BCUT2D eigenvalue weighted by Crippen LogP contribution is 2.28. The Morgan fingerprint density at radius 1 is 1.17 bits per heavy atom. The molecule has 0 bridgehead atoms. The van der Waals surface area contributed by atoms with E-state index in [1.54, 1.807) is 7.11 Å². The largest absolute Gasteiger partial charge is 0.497 e. The third-order valence-corrected chi connectivity index (χ3v) is 6.12. The van der Waals surface area contributed by atoms with Crippen molar-refractivity contribution in [1.29, 1.82) is 0 Å². The van der Waals surface area contributed by atoms with Crippen molar-refractivity contribution < 1.29 is 14.3 Å². The molecule has 30 heavy (non-hydrogen) atoms. The van der Waals surface area contributed by atoms with E-state index in [2.05, 4.69) is 39.8 Å². The van der Waals surface area contributed by atoms with Crippen LogP contribution >= 0.6 is 0 Å². The van der Waals surface area contributed by atoms with E-state index in [-0.39, 0.29) is 24.3 Å². The average Bonchev–Trinajstić information content (AvgIpc) is 3.19. The van der Waals surface area contributed by atoms with E-state index in [9.17, 15) is 9.59 Å². The number of nitrogens with one attached hydrogen (secondary N) is 2. The second-order valence-electron chi connectivity index (χ2n) is 8.03. The molecule has 1 heterocycles. The summed E-state index contributed by atoms with van der Waals surface area (Å²) in [4.78, 5) is 27.4. The van der Waals surface area contributed by atoms with Gasteiger partial charge in [-0.1, -0.05) is 36.4 Å². The molecule has 0 radical (unpaired) electrons. The SMILES string of the molecule is COc1cccc(CCNC(=O)CC2C(=O)NCCN2C2Cc3ccccc3C2)c1. The first-order valence-corrected chi connectivity index (χ1v) is 10.6. The lowest BCUT2D eigenvalue weighted by atomic mass is 10.0. The molecule has 1 aliphatic carbocycles. The zero-order chi connectivity index (χ0) is 20.9. The van der Waals surface area contributed by atoms with Gasteiger partial charge in [0, 0.05) is 25.7 Å². The number of benzene rings is 2. The van der Waals surface area contributed by atoms with Gasteiger partial charge in [0.05, 0.1) is 19.6 Å². The molecule has 2 N–H and O–H groups in total. The Balaban J connectivity index is 1.33. The van der Waals surface area contributed by atoms with E-state index in [0.717, 1.165) is 37.1 Å². The number of hydrogen-bond donors (Lipinski definition) is 2. The Hall–Kier alpha value is -2.86. The van der Waals surface area contributed by atoms with Crippen LogP contribution in [0.3, 0.4) is 0 Å². The molecule has 6 heteroatoms. The fourth-order valence-electron chi connectivity index (χ4n) is 4.57. The number of fused-ring (bicyclic) bond motifs is 1. The fourth-order valence-corrected chi connectivity index (χ4v) is 4.57. The molecule has 2 aromatic rings. The van der Waals surface area contributed by atoms with Gasteiger partial charge in [0.2, 0.25) is 11.8 Å². The minimum atomic E-state index is -0.408. The second kappa shape index (κ2) is 9.30. The molecular weight excluding hydrogens is 378 g/mol. The Kier molecular flexibility index (Phi) is 6.33. The van der Waals surface area contributed by atoms with E-state index in [0.29, 0.717) is 13.1 Å². The molecule has 1 atom stereocenters. The Labute approximate surface area is 177 Å². The van der Waals surface area contributed by atoms with Crippen molar-refractivity contribution in [2.24, 2.45) is 0 Å². The topological polar surface area (TPSA) is 70.7 Å². The Bertz CT molecular complexity index is 889. The number of piperazine rings is 1. The summed E-state index contributed by atoms with van der Waals surface area (Å²) in [5.41, 5.74) is 3.82. The van der Waals surface area contributed by atoms with E-state index in [1.807, 2.05) is 24.3 Å². The van der Waals surface area contributed by atoms with E-state index < -0.39 is 6.04 Å². The highest BCUT2D eigenvalue weighted by Gasteiger charge is 2.37. The molecule has 2 amide bonds. The zero-order valence-electron chi connectivity index (χ0n) is 17.4. The van der Waals surface area contributed by atoms with Crippen LogP contribution in [0.2, 0.25) is 0 Å². The molecule has 1 aliphatic heterocycles. The smallest absolute Gasteiger partial charge is 0.237 e. The summed E-state index contributed by atoms with van der Waals surface area (Å²) >= 11 is 0. The highest BCUT2D eigenvalue weighted by atomic mass is 16.5. The molecule has 0 saturated carbocycles. The lowest BCUT2D eigenvalue weighted by Crippen LogP contribution is -2.59. The lowest BCUT2D eigenvalue weighted by Gasteiger charge is -2.38. The van der Waals surface area contributed by atoms with Gasteiger partial charge in [0.15, 0.2) is 0 Å². The summed E-state index contributed by atoms with van der Waals surface area (Å²) in [6.45, 7) is 1.96. The standard InChI is InChI=1S/C24H29N3O3/c1-30-21-8-4-5-17(13-21)9-10-25-23(28)16-22-24(29)26-11-12-27(22)20-14-18-6-2-3-7-19(18)15-20/h2-8,13,20,22H,9-12,14-16H2,1H3,(H,25,28)(H,26,29). The summed E-state index contributed by atoms with van der Waals surface area (Å²) in [6.07, 6.45) is 2.80. The van der Waals surface area contributed by atoms with Gasteiger partial charge in [-0.25, -0.2) is 0 Å². The van der Waals surface area contributed by atoms with Crippen LogP contribution in [0.15, 0.2) is 48.5 Å². The summed E-state index contributed by atoms with van der Waals surface area (Å²) < 4.78 is 5.24. The minimum absolute atomic E-state index is 0.0415. The lowest BCUT2D eigenvalue weighted by molar-refractivity contribution is -0.135. The van der Waals surface area contributed by atoms with Gasteiger partial charge in [-0.15, -0.1) is 0 Å². The molecule has 6 nitrogen and oxygen atoms in total. The van der Waals surface area contributed by atoms with Crippen LogP contribution in [0.1, 0.15) is 23.1 Å². The van der Waals surface area contributed by atoms with Gasteiger partial charge in [-0.3, -0.25) is 14.5 Å². The number of carbonyl (C=O) groups excluding carboxylic acids is 2. The number of carbonyl (C=O) groups is 2. The van der Waals surface area contributed by atoms with Crippen LogP contribution in [0.4, 0.5) is 0 Å². The highest BCUT2D eigenvalue weighted by molar-refractivity contribution is 5.88. The molecule has 1 unspecified atom stereocenters. The van der Waals surface area contributed by atoms with Gasteiger partial charge in [0.1, 0.15) is 5.75 Å². The van der Waals surface area contributed by atoms with Crippen LogP contribution in [0.25, 0.3) is 0 Å². The number of nitrogens with zero attached hydrogens (tertiary/aromatic N) is 1. The molecule has 4 rings (SSSR count). The minimum Gasteiger partial charge on any atom is -0.497 e. The maximum absolute atomic E-state index is 12.6. The van der Waals surface area contributed by atoms with E-state index in [1.165, 1.54) is 11.1 Å². The van der Waals surface area contributed by atoms with Crippen LogP contribution in [0.5, 0.6) is 5.75 Å². The van der Waals surface area contributed by atoms with E-state index in [4.69, 9.17) is 4.74 Å². The first-order valence-electron chi connectivity index (χ1n) is 10.6. The van der Waals surface area contributed by atoms with Gasteiger partial charge >= 0.3 is 0 Å². The van der Waals surface area contributed by atoms with Gasteiger partial charge < -0.3 is 15.4 Å². The molecule has 0 spiro atoms. The van der Waals surface area contributed by atoms with Gasteiger partial charge in [0.25, 0.3) is 0 Å². The molecule has 2 aliphatic rings. The first kappa shape index (κ1) is 20.4. The van der Waals surface area contributed by atoms with Crippen LogP contribution < -0.4 is 15.4 Å². The predicted octanol–water partition coefficient (Wildman–Crippen LogP) is 1.71. The summed E-state index contributed by atoms with van der Waals surface area (Å²) in [6, 6.07) is 16.2. The predicted molar refractivity (Wildman–Crippen MR) is 115 cm³/mol. The molecule has 1 saturated heterocycles. The number of methoxy groups -OCH3 is 1. The van der Waals surface area contributed by atoms with Crippen molar-refractivity contribution in [1.82, 2.24) is 15.5 Å². The molecule has 0 aromatic heterocycles. The van der Waals surface area contributed by atoms with Crippen LogP contribution in [-0.2, 0) is 28.9 Å². The molecule has 1 fully saturated rings. The van der Waals surface area contributed by atoms with Crippen molar-refractivity contribution in [2.75, 3.05) is 26.7 Å². The van der Waals surface area contributed by atoms with Crippen molar-refractivity contribution in [3.8, 4) is 5.75 Å². The maximum Gasteiger partial charge on any atom is 0.237 e. The summed E-state index contributed by atoms with van der Waals surface area (Å²) in [7, 11) is 1.64. The fraction of sp³-hybridized carbons (Fsp3) is 0.417. The Morgan fingerprint density at radius 3 is 2.67 bits per heavy atom. The normalized spacial score (nSPS) is 19.2. The zero-order valence-corrected chi connectivity index (χ0v) is 17.4. The van der Waals surface area contributed by atoms with Crippen molar-refractivity contribution in [3.05, 3.63) is 65.2 Å². The molecular formula is C24H29N3O3. The summed E-state index contributed by atoms with van der Waals surface area (Å²) in [5.74, 6) is 0.687. The monoisotopic (exact) mass is 407 g/mol. The number of rotatable bonds is 7. The van der Waals surface area contributed by atoms with E-state index >= 15 is 0 Å². The van der Waals surface area contributed by atoms with Gasteiger partial charge in [-0.2, -0.15) is 0 Å². The number of amides is 2. The third-order valence-electron chi connectivity index (χ3n) is 6.12. The first-order chi connectivity index (χ1) is 14.6. The quantitative estimate of drug-likeness (QED) is 0.733. The summed E-state index contributed by atoms with van der Waals surface area (Å²) in [5, 5.41) is 5.91. The number of hydrogen-bond acceptors (Lipinski definition) is 4. The molecule has 2 aromatic carbocycles. The Morgan fingerprint density at radius 2 is 1.93 bits per heavy atom. The average molecular weight is 408 g/mol. The third kappa shape index (κ3) is 4.65. The van der Waals surface area contributed by atoms with Crippen LogP contribution in [0, 0.1) is 0 Å². The maximum atomic E-state index is 12.6. The second-order valence-corrected chi connectivity index (χ2v) is 8.03. The van der Waals surface area contributed by atoms with Crippen molar-refractivity contribution in [3.63, 3.8) is 0 Å². The van der Waals surface area contributed by atoms with Gasteiger partial charge in [-0.05, 0) is 48.1 Å². The van der Waals surface area contributed by atoms with Crippen molar-refractivity contribution in [2.45, 2.75) is 37.8 Å². The molecule has 158 valence electrons.